The van der Waals surface area contributed by atoms with Gasteiger partial charge in [0.1, 0.15) is 5.69 Å². The SMILES string of the molecule is COc1cnn(C)c1C(=O)CCc1ccccn1. The molecule has 0 amide bonds. The Kier molecular flexibility index (Phi) is 3.72. The molecule has 0 spiro atoms. The highest BCUT2D eigenvalue weighted by atomic mass is 16.5. The van der Waals surface area contributed by atoms with E-state index in [1.807, 2.05) is 18.2 Å². The highest BCUT2D eigenvalue weighted by molar-refractivity contribution is 5.97. The molecule has 0 N–H and O–H groups in total. The van der Waals surface area contributed by atoms with Crippen LogP contribution in [0.2, 0.25) is 0 Å². The van der Waals surface area contributed by atoms with Crippen molar-refractivity contribution in [1.82, 2.24) is 14.8 Å². The van der Waals surface area contributed by atoms with Gasteiger partial charge in [-0.1, -0.05) is 6.07 Å². The number of ether oxygens (including phenoxy) is 1. The Morgan fingerprint density at radius 1 is 1.44 bits per heavy atom. The van der Waals surface area contributed by atoms with Crippen molar-refractivity contribution < 1.29 is 9.53 Å². The minimum Gasteiger partial charge on any atom is -0.493 e. The number of methoxy groups -OCH3 is 1. The van der Waals surface area contributed by atoms with Gasteiger partial charge in [0.25, 0.3) is 0 Å². The van der Waals surface area contributed by atoms with E-state index in [4.69, 9.17) is 4.74 Å². The van der Waals surface area contributed by atoms with Crippen LogP contribution in [0.1, 0.15) is 22.6 Å². The number of hydrogen-bond donors (Lipinski definition) is 0. The average Bonchev–Trinajstić information content (AvgIpc) is 2.78. The summed E-state index contributed by atoms with van der Waals surface area (Å²) in [7, 11) is 3.27. The number of aryl methyl sites for hydroxylation is 2. The maximum atomic E-state index is 12.1. The minimum absolute atomic E-state index is 0.0116. The molecular weight excluding hydrogens is 230 g/mol. The van der Waals surface area contributed by atoms with Crippen molar-refractivity contribution in [1.29, 1.82) is 0 Å². The molecule has 0 saturated heterocycles. The third-order valence-electron chi connectivity index (χ3n) is 2.72. The minimum atomic E-state index is 0.0116. The van der Waals surface area contributed by atoms with Crippen molar-refractivity contribution in [2.24, 2.45) is 7.05 Å². The van der Waals surface area contributed by atoms with Crippen LogP contribution in [-0.4, -0.2) is 27.7 Å². The smallest absolute Gasteiger partial charge is 0.185 e. The van der Waals surface area contributed by atoms with Crippen LogP contribution in [0.5, 0.6) is 5.75 Å². The van der Waals surface area contributed by atoms with E-state index in [9.17, 15) is 4.79 Å². The lowest BCUT2D eigenvalue weighted by atomic mass is 10.1. The maximum Gasteiger partial charge on any atom is 0.185 e. The molecule has 0 atom stereocenters. The Morgan fingerprint density at radius 3 is 2.94 bits per heavy atom. The summed E-state index contributed by atoms with van der Waals surface area (Å²) in [5.74, 6) is 0.529. The molecule has 0 fully saturated rings. The number of carbonyl (C=O) groups is 1. The van der Waals surface area contributed by atoms with Crippen LogP contribution in [0, 0.1) is 0 Å². The summed E-state index contributed by atoms with van der Waals surface area (Å²) < 4.78 is 6.66. The van der Waals surface area contributed by atoms with Crippen LogP contribution in [0.3, 0.4) is 0 Å². The number of ketones is 1. The van der Waals surface area contributed by atoms with Crippen LogP contribution >= 0.6 is 0 Å². The summed E-state index contributed by atoms with van der Waals surface area (Å²) in [6.45, 7) is 0. The fourth-order valence-corrected chi connectivity index (χ4v) is 1.79. The monoisotopic (exact) mass is 245 g/mol. The highest BCUT2D eigenvalue weighted by Crippen LogP contribution is 2.18. The van der Waals surface area contributed by atoms with Crippen molar-refractivity contribution >= 4 is 5.78 Å². The van der Waals surface area contributed by atoms with E-state index >= 15 is 0 Å². The van der Waals surface area contributed by atoms with Crippen LogP contribution in [0.15, 0.2) is 30.6 Å². The van der Waals surface area contributed by atoms with Crippen LogP contribution < -0.4 is 4.74 Å². The van der Waals surface area contributed by atoms with Crippen LogP contribution in [-0.2, 0) is 13.5 Å². The lowest BCUT2D eigenvalue weighted by molar-refractivity contribution is 0.0970. The Balaban J connectivity index is 2.06. The number of carbonyl (C=O) groups excluding carboxylic acids is 1. The first kappa shape index (κ1) is 12.3. The van der Waals surface area contributed by atoms with Gasteiger partial charge in [-0.05, 0) is 18.6 Å². The Labute approximate surface area is 105 Å². The number of rotatable bonds is 5. The van der Waals surface area contributed by atoms with Gasteiger partial charge in [-0.2, -0.15) is 5.10 Å². The number of aromatic nitrogens is 3. The molecule has 0 saturated carbocycles. The maximum absolute atomic E-state index is 12.1. The van der Waals surface area contributed by atoms with Gasteiger partial charge in [0.15, 0.2) is 11.5 Å². The van der Waals surface area contributed by atoms with Crippen molar-refractivity contribution in [2.75, 3.05) is 7.11 Å². The molecule has 18 heavy (non-hydrogen) atoms. The van der Waals surface area contributed by atoms with Gasteiger partial charge in [-0.25, -0.2) is 0 Å². The molecule has 0 aliphatic rings. The number of hydrogen-bond acceptors (Lipinski definition) is 4. The first-order valence-corrected chi connectivity index (χ1v) is 5.71. The fourth-order valence-electron chi connectivity index (χ4n) is 1.79. The largest absolute Gasteiger partial charge is 0.493 e. The first-order chi connectivity index (χ1) is 8.72. The molecule has 0 radical (unpaired) electrons. The lowest BCUT2D eigenvalue weighted by Gasteiger charge is -2.04. The molecule has 94 valence electrons. The molecule has 2 aromatic rings. The van der Waals surface area contributed by atoms with E-state index in [2.05, 4.69) is 10.1 Å². The number of Topliss-reactive ketones (excluding diaryl/α,β-unsaturated/α-hetero) is 1. The zero-order chi connectivity index (χ0) is 13.0. The Hall–Kier alpha value is -2.17. The van der Waals surface area contributed by atoms with E-state index in [0.717, 1.165) is 5.69 Å². The Morgan fingerprint density at radius 2 is 2.28 bits per heavy atom. The summed E-state index contributed by atoms with van der Waals surface area (Å²) in [5, 5.41) is 4.02. The molecule has 0 aromatic carbocycles. The number of nitrogens with zero attached hydrogens (tertiary/aromatic N) is 3. The fraction of sp³-hybridized carbons (Fsp3) is 0.308. The molecule has 0 bridgehead atoms. The van der Waals surface area contributed by atoms with Gasteiger partial charge >= 0.3 is 0 Å². The molecule has 5 nitrogen and oxygen atoms in total. The second-order valence-electron chi connectivity index (χ2n) is 3.93. The Bertz CT molecular complexity index is 534. The van der Waals surface area contributed by atoms with Crippen molar-refractivity contribution in [3.05, 3.63) is 42.0 Å². The standard InChI is InChI=1S/C13H15N3O2/c1-16-13(12(18-2)9-15-16)11(17)7-6-10-5-3-4-8-14-10/h3-5,8-9H,6-7H2,1-2H3. The molecule has 2 rings (SSSR count). The molecule has 2 heterocycles. The second kappa shape index (κ2) is 5.44. The zero-order valence-electron chi connectivity index (χ0n) is 10.5. The highest BCUT2D eigenvalue weighted by Gasteiger charge is 2.17. The summed E-state index contributed by atoms with van der Waals surface area (Å²) in [6, 6.07) is 5.68. The van der Waals surface area contributed by atoms with Gasteiger partial charge in [-0.3, -0.25) is 14.5 Å². The quantitative estimate of drug-likeness (QED) is 0.751. The molecular formula is C13H15N3O2. The molecule has 0 aliphatic carbocycles. The average molecular weight is 245 g/mol. The van der Waals surface area contributed by atoms with Gasteiger partial charge < -0.3 is 4.74 Å². The summed E-state index contributed by atoms with van der Waals surface area (Å²) >= 11 is 0. The predicted molar refractivity (Wildman–Crippen MR) is 66.6 cm³/mol. The second-order valence-corrected chi connectivity index (χ2v) is 3.93. The predicted octanol–water partition coefficient (Wildman–Crippen LogP) is 1.64. The third-order valence-corrected chi connectivity index (χ3v) is 2.72. The van der Waals surface area contributed by atoms with Gasteiger partial charge in [-0.15, -0.1) is 0 Å². The number of pyridine rings is 1. The van der Waals surface area contributed by atoms with Crippen molar-refractivity contribution in [3.8, 4) is 5.75 Å². The van der Waals surface area contributed by atoms with Crippen molar-refractivity contribution in [2.45, 2.75) is 12.8 Å². The summed E-state index contributed by atoms with van der Waals surface area (Å²) in [6.07, 6.45) is 4.29. The topological polar surface area (TPSA) is 57.0 Å². The molecule has 2 aromatic heterocycles. The van der Waals surface area contributed by atoms with Crippen LogP contribution in [0.4, 0.5) is 0 Å². The van der Waals surface area contributed by atoms with Gasteiger partial charge in [0.2, 0.25) is 0 Å². The van der Waals surface area contributed by atoms with Gasteiger partial charge in [0, 0.05) is 25.4 Å². The zero-order valence-corrected chi connectivity index (χ0v) is 10.5. The van der Waals surface area contributed by atoms with Crippen molar-refractivity contribution in [3.63, 3.8) is 0 Å². The third kappa shape index (κ3) is 2.56. The van der Waals surface area contributed by atoms with E-state index < -0.39 is 0 Å². The van der Waals surface area contributed by atoms with E-state index in [1.165, 1.54) is 7.11 Å². The van der Waals surface area contributed by atoms with E-state index in [-0.39, 0.29) is 5.78 Å². The van der Waals surface area contributed by atoms with E-state index in [0.29, 0.717) is 24.3 Å². The molecule has 5 heteroatoms. The lowest BCUT2D eigenvalue weighted by Crippen LogP contribution is -2.09. The summed E-state index contributed by atoms with van der Waals surface area (Å²) in [5.41, 5.74) is 1.42. The van der Waals surface area contributed by atoms with E-state index in [1.54, 1.807) is 24.1 Å². The van der Waals surface area contributed by atoms with Crippen LogP contribution in [0.25, 0.3) is 0 Å². The molecule has 0 unspecified atom stereocenters. The van der Waals surface area contributed by atoms with Gasteiger partial charge in [0.05, 0.1) is 13.3 Å². The normalized spacial score (nSPS) is 10.3. The summed E-state index contributed by atoms with van der Waals surface area (Å²) in [4.78, 5) is 16.3. The first-order valence-electron chi connectivity index (χ1n) is 5.71. The molecule has 0 aliphatic heterocycles.